The average molecular weight is 619 g/mol. The molecule has 45 heavy (non-hydrogen) atoms. The Labute approximate surface area is 264 Å². The molecule has 0 aliphatic heterocycles. The topological polar surface area (TPSA) is 116 Å². The van der Waals surface area contributed by atoms with Gasteiger partial charge in [0.1, 0.15) is 17.2 Å². The molecule has 0 spiro atoms. The molecule has 0 radical (unpaired) electrons. The second-order valence-corrected chi connectivity index (χ2v) is 10.8. The summed E-state index contributed by atoms with van der Waals surface area (Å²) in [7, 11) is 9.51. The van der Waals surface area contributed by atoms with Crippen LogP contribution < -0.4 is 0 Å². The van der Waals surface area contributed by atoms with Crippen molar-refractivity contribution in [3.8, 4) is 50.6 Å². The van der Waals surface area contributed by atoms with Crippen LogP contribution in [0.15, 0.2) is 54.6 Å². The van der Waals surface area contributed by atoms with Crippen molar-refractivity contribution in [2.75, 3.05) is 42.7 Å². The Morgan fingerprint density at radius 3 is 0.622 bits per heavy atom. The van der Waals surface area contributed by atoms with Crippen LogP contribution in [-0.2, 0) is 68.1 Å². The molecular formula is C36H42O9. The summed E-state index contributed by atoms with van der Waals surface area (Å²) in [5, 5.41) is 32.7. The lowest BCUT2D eigenvalue weighted by molar-refractivity contribution is 0.174. The molecule has 0 aliphatic rings. The van der Waals surface area contributed by atoms with E-state index in [9.17, 15) is 15.3 Å². The summed E-state index contributed by atoms with van der Waals surface area (Å²) in [4.78, 5) is 0. The zero-order chi connectivity index (χ0) is 32.5. The fourth-order valence-electron chi connectivity index (χ4n) is 5.50. The van der Waals surface area contributed by atoms with Crippen LogP contribution in [0.1, 0.15) is 33.4 Å². The summed E-state index contributed by atoms with van der Waals surface area (Å²) in [5.74, 6) is 0.410. The molecule has 0 aliphatic carbocycles. The number of phenolic OH excluding ortho intramolecular Hbond substituents is 3. The van der Waals surface area contributed by atoms with Crippen LogP contribution >= 0.6 is 0 Å². The number of hydrogen-bond acceptors (Lipinski definition) is 9. The smallest absolute Gasteiger partial charge is 0.126 e. The van der Waals surface area contributed by atoms with Crippen molar-refractivity contribution in [2.45, 2.75) is 39.6 Å². The first-order valence-electron chi connectivity index (χ1n) is 14.4. The van der Waals surface area contributed by atoms with Crippen LogP contribution in [0, 0.1) is 0 Å². The van der Waals surface area contributed by atoms with Crippen molar-refractivity contribution in [2.24, 2.45) is 0 Å². The number of aromatic hydroxyl groups is 3. The van der Waals surface area contributed by atoms with E-state index in [1.165, 1.54) is 0 Å². The fourth-order valence-corrected chi connectivity index (χ4v) is 5.50. The van der Waals surface area contributed by atoms with Gasteiger partial charge in [-0.25, -0.2) is 0 Å². The second-order valence-electron chi connectivity index (χ2n) is 10.8. The summed E-state index contributed by atoms with van der Waals surface area (Å²) in [5.41, 5.74) is 9.02. The van der Waals surface area contributed by atoms with Crippen molar-refractivity contribution in [3.63, 3.8) is 0 Å². The normalized spacial score (nSPS) is 11.3. The van der Waals surface area contributed by atoms with E-state index in [2.05, 4.69) is 18.2 Å². The molecule has 0 heterocycles. The van der Waals surface area contributed by atoms with E-state index in [-0.39, 0.29) is 56.9 Å². The number of methoxy groups -OCH3 is 6. The highest BCUT2D eigenvalue weighted by Gasteiger charge is 2.18. The van der Waals surface area contributed by atoms with Crippen molar-refractivity contribution < 1.29 is 43.7 Å². The highest BCUT2D eigenvalue weighted by Crippen LogP contribution is 2.40. The monoisotopic (exact) mass is 618 g/mol. The lowest BCUT2D eigenvalue weighted by Crippen LogP contribution is -1.99. The molecule has 0 aromatic heterocycles. The van der Waals surface area contributed by atoms with Crippen LogP contribution in [-0.4, -0.2) is 58.0 Å². The number of phenols is 3. The van der Waals surface area contributed by atoms with Crippen LogP contribution in [0.4, 0.5) is 0 Å². The van der Waals surface area contributed by atoms with Crippen LogP contribution in [0.5, 0.6) is 17.2 Å². The van der Waals surface area contributed by atoms with E-state index in [1.807, 2.05) is 36.4 Å². The van der Waals surface area contributed by atoms with E-state index in [4.69, 9.17) is 28.4 Å². The summed E-state index contributed by atoms with van der Waals surface area (Å²) in [6.45, 7) is 1.34. The first-order chi connectivity index (χ1) is 21.8. The van der Waals surface area contributed by atoms with Crippen LogP contribution in [0.2, 0.25) is 0 Å². The van der Waals surface area contributed by atoms with E-state index >= 15 is 0 Å². The van der Waals surface area contributed by atoms with Crippen LogP contribution in [0.3, 0.4) is 0 Å². The third kappa shape index (κ3) is 7.83. The predicted molar refractivity (Wildman–Crippen MR) is 172 cm³/mol. The van der Waals surface area contributed by atoms with Gasteiger partial charge in [-0.05, 0) is 88.0 Å². The molecule has 4 aromatic carbocycles. The number of benzene rings is 4. The Morgan fingerprint density at radius 1 is 0.311 bits per heavy atom. The Bertz CT molecular complexity index is 1330. The minimum atomic E-state index is 0.137. The first-order valence-corrected chi connectivity index (χ1v) is 14.4. The van der Waals surface area contributed by atoms with Gasteiger partial charge in [0.2, 0.25) is 0 Å². The zero-order valence-corrected chi connectivity index (χ0v) is 26.7. The van der Waals surface area contributed by atoms with Gasteiger partial charge in [-0.15, -0.1) is 0 Å². The summed E-state index contributed by atoms with van der Waals surface area (Å²) >= 11 is 0. The second kappa shape index (κ2) is 15.9. The maximum absolute atomic E-state index is 10.9. The molecule has 0 fully saturated rings. The van der Waals surface area contributed by atoms with Crippen molar-refractivity contribution in [1.29, 1.82) is 0 Å². The minimum absolute atomic E-state index is 0.137. The summed E-state index contributed by atoms with van der Waals surface area (Å²) in [6, 6.07) is 17.7. The van der Waals surface area contributed by atoms with Gasteiger partial charge in [0, 0.05) is 76.0 Å². The van der Waals surface area contributed by atoms with Crippen molar-refractivity contribution in [3.05, 3.63) is 88.0 Å². The zero-order valence-electron chi connectivity index (χ0n) is 26.7. The minimum Gasteiger partial charge on any atom is -0.507 e. The Balaban J connectivity index is 2.04. The van der Waals surface area contributed by atoms with Gasteiger partial charge in [0.05, 0.1) is 39.6 Å². The van der Waals surface area contributed by atoms with E-state index in [0.717, 1.165) is 33.4 Å². The molecule has 0 saturated carbocycles. The molecule has 0 atom stereocenters. The third-order valence-corrected chi connectivity index (χ3v) is 7.54. The largest absolute Gasteiger partial charge is 0.507 e. The van der Waals surface area contributed by atoms with Crippen molar-refractivity contribution >= 4 is 0 Å². The molecule has 3 N–H and O–H groups in total. The van der Waals surface area contributed by atoms with E-state index in [0.29, 0.717) is 33.4 Å². The first kappa shape index (κ1) is 33.9. The molecule has 9 nitrogen and oxygen atoms in total. The lowest BCUT2D eigenvalue weighted by atomic mass is 9.89. The number of rotatable bonds is 15. The Hall–Kier alpha value is -3.96. The van der Waals surface area contributed by atoms with Gasteiger partial charge in [0.15, 0.2) is 0 Å². The molecule has 0 unspecified atom stereocenters. The quantitative estimate of drug-likeness (QED) is 0.134. The van der Waals surface area contributed by atoms with E-state index in [1.54, 1.807) is 42.7 Å². The predicted octanol–water partition coefficient (Wildman–Crippen LogP) is 6.68. The SMILES string of the molecule is COCc1cc(-c2cc(-c3cc(COC)c(O)c(COC)c3)cc(-c3cc(COC)c(O)c(COC)c3)c2)cc(COC)c1O. The Kier molecular flexibility index (Phi) is 12.0. The maximum atomic E-state index is 10.9. The van der Waals surface area contributed by atoms with Gasteiger partial charge in [-0.3, -0.25) is 0 Å². The van der Waals surface area contributed by atoms with Crippen LogP contribution in [0.25, 0.3) is 33.4 Å². The standard InChI is InChI=1S/C36H42O9/c1-40-16-28-10-25(11-29(17-41-2)34(28)37)22-7-23(26-12-30(18-42-3)35(38)31(13-26)19-43-4)9-24(8-22)27-14-32(20-44-5)36(39)33(15-27)21-45-6/h7-15,37-39H,16-21H2,1-6H3. The van der Waals surface area contributed by atoms with Gasteiger partial charge >= 0.3 is 0 Å². The molecule has 0 saturated heterocycles. The van der Waals surface area contributed by atoms with Gasteiger partial charge in [0.25, 0.3) is 0 Å². The molecule has 4 rings (SSSR count). The van der Waals surface area contributed by atoms with Crippen molar-refractivity contribution in [1.82, 2.24) is 0 Å². The summed E-state index contributed by atoms with van der Waals surface area (Å²) in [6.07, 6.45) is 0. The lowest BCUT2D eigenvalue weighted by Gasteiger charge is -2.18. The van der Waals surface area contributed by atoms with Gasteiger partial charge in [-0.1, -0.05) is 0 Å². The molecule has 4 aromatic rings. The third-order valence-electron chi connectivity index (χ3n) is 7.54. The number of ether oxygens (including phenoxy) is 6. The van der Waals surface area contributed by atoms with Gasteiger partial charge < -0.3 is 43.7 Å². The molecular weight excluding hydrogens is 576 g/mol. The number of hydrogen-bond donors (Lipinski definition) is 3. The van der Waals surface area contributed by atoms with E-state index < -0.39 is 0 Å². The average Bonchev–Trinajstić information content (AvgIpc) is 3.03. The fraction of sp³-hybridized carbons (Fsp3) is 0.333. The highest BCUT2D eigenvalue weighted by atomic mass is 16.5. The maximum Gasteiger partial charge on any atom is 0.126 e. The summed E-state index contributed by atoms with van der Waals surface area (Å²) < 4.78 is 32.3. The molecule has 0 amide bonds. The molecule has 0 bridgehead atoms. The van der Waals surface area contributed by atoms with Gasteiger partial charge in [-0.2, -0.15) is 0 Å². The highest BCUT2D eigenvalue weighted by molar-refractivity contribution is 5.83. The molecule has 240 valence electrons. The molecule has 9 heteroatoms. The Morgan fingerprint density at radius 2 is 0.467 bits per heavy atom.